The van der Waals surface area contributed by atoms with Gasteiger partial charge < -0.3 is 0 Å². The molecular weight excluding hydrogens is 185 g/mol. The van der Waals surface area contributed by atoms with Crippen LogP contribution < -0.4 is 0 Å². The Bertz CT molecular complexity index is 218. The van der Waals surface area contributed by atoms with Crippen LogP contribution in [0.5, 0.6) is 0 Å². The highest BCUT2D eigenvalue weighted by Gasteiger charge is 2.60. The molecule has 1 saturated heterocycles. The summed E-state index contributed by atoms with van der Waals surface area (Å²) in [5, 5.41) is 20.9. The topological polar surface area (TPSA) is 89.5 Å². The Morgan fingerprint density at radius 1 is 1.33 bits per heavy atom. The molecule has 0 amide bonds. The molecule has 1 unspecified atom stereocenters. The van der Waals surface area contributed by atoms with E-state index >= 15 is 0 Å². The van der Waals surface area contributed by atoms with Gasteiger partial charge in [0.25, 0.3) is 0 Å². The molecule has 0 aromatic rings. The Kier molecular flexibility index (Phi) is 2.25. The third-order valence-electron chi connectivity index (χ3n) is 1.94. The largest absolute Gasteiger partial charge is 0.472 e. The molecule has 1 aliphatic rings. The summed E-state index contributed by atoms with van der Waals surface area (Å²) in [6, 6.07) is 0. The van der Waals surface area contributed by atoms with Gasteiger partial charge in [-0.25, -0.2) is 0 Å². The van der Waals surface area contributed by atoms with E-state index in [-0.39, 0.29) is 13.0 Å². The summed E-state index contributed by atoms with van der Waals surface area (Å²) in [5.41, 5.74) is -1.98. The van der Waals surface area contributed by atoms with E-state index in [4.69, 9.17) is 0 Å². The number of rotatable bonds is 2. The van der Waals surface area contributed by atoms with E-state index in [0.29, 0.717) is 6.54 Å². The van der Waals surface area contributed by atoms with Crippen molar-refractivity contribution >= 4 is 9.39 Å². The number of nitrogens with zero attached hydrogens (tertiary/aromatic N) is 3. The predicted molar refractivity (Wildman–Crippen MR) is 42.6 cm³/mol. The maximum atomic E-state index is 10.4. The van der Waals surface area contributed by atoms with Gasteiger partial charge in [-0.1, -0.05) is 9.39 Å². The lowest BCUT2D eigenvalue weighted by molar-refractivity contribution is -0.791. The fraction of sp³-hybridized carbons (Fsp3) is 1.00. The van der Waals surface area contributed by atoms with Crippen LogP contribution in [0.15, 0.2) is 0 Å². The number of hydrogen-bond donors (Lipinski definition) is 0. The lowest BCUT2D eigenvalue weighted by Crippen LogP contribution is -2.47. The lowest BCUT2D eigenvalue weighted by atomic mass is 10.2. The van der Waals surface area contributed by atoms with Crippen LogP contribution in [-0.4, -0.2) is 33.3 Å². The van der Waals surface area contributed by atoms with E-state index in [1.807, 2.05) is 0 Å². The Balaban J connectivity index is 2.89. The third kappa shape index (κ3) is 1.25. The molecule has 0 N–H and O–H groups in total. The SMILES string of the molecule is O=[N+]([O-])C1([N+](=O)[O-])CCN(P)C1. The zero-order chi connectivity index (χ0) is 9.35. The van der Waals surface area contributed by atoms with Gasteiger partial charge in [-0.15, -0.1) is 0 Å². The monoisotopic (exact) mass is 193 g/mol. The zero-order valence-electron chi connectivity index (χ0n) is 6.17. The van der Waals surface area contributed by atoms with Crippen molar-refractivity contribution in [2.24, 2.45) is 0 Å². The second kappa shape index (κ2) is 2.91. The molecule has 1 aliphatic heterocycles. The molecule has 1 atom stereocenters. The molecule has 0 aromatic carbocycles. The molecule has 1 fully saturated rings. The maximum Gasteiger partial charge on any atom is 0.472 e. The van der Waals surface area contributed by atoms with E-state index in [1.54, 1.807) is 0 Å². The minimum Gasteiger partial charge on any atom is -0.273 e. The molecule has 7 nitrogen and oxygen atoms in total. The molecule has 0 aliphatic carbocycles. The molecule has 0 bridgehead atoms. The van der Waals surface area contributed by atoms with Crippen molar-refractivity contribution < 1.29 is 9.85 Å². The van der Waals surface area contributed by atoms with Gasteiger partial charge in [0.1, 0.15) is 13.0 Å². The summed E-state index contributed by atoms with van der Waals surface area (Å²) in [6.07, 6.45) is -0.0312. The van der Waals surface area contributed by atoms with Crippen LogP contribution in [0.4, 0.5) is 0 Å². The third-order valence-corrected chi connectivity index (χ3v) is 2.38. The van der Waals surface area contributed by atoms with E-state index in [2.05, 4.69) is 9.39 Å². The molecular formula is C4H8N3O4P. The molecule has 1 rings (SSSR count). The molecule has 68 valence electrons. The van der Waals surface area contributed by atoms with Crippen molar-refractivity contribution in [2.75, 3.05) is 13.1 Å². The smallest absolute Gasteiger partial charge is 0.273 e. The van der Waals surface area contributed by atoms with Crippen molar-refractivity contribution in [3.63, 3.8) is 0 Å². The van der Waals surface area contributed by atoms with Gasteiger partial charge in [0.2, 0.25) is 0 Å². The van der Waals surface area contributed by atoms with Crippen LogP contribution in [0.25, 0.3) is 0 Å². The van der Waals surface area contributed by atoms with Crippen molar-refractivity contribution in [2.45, 2.75) is 12.1 Å². The van der Waals surface area contributed by atoms with E-state index in [0.717, 1.165) is 0 Å². The summed E-state index contributed by atoms with van der Waals surface area (Å²) in [5.74, 6) is 0. The molecule has 0 spiro atoms. The molecule has 1 heterocycles. The van der Waals surface area contributed by atoms with Crippen molar-refractivity contribution in [1.29, 1.82) is 0 Å². The first kappa shape index (κ1) is 9.28. The van der Waals surface area contributed by atoms with Gasteiger partial charge in [0.15, 0.2) is 0 Å². The molecule has 8 heteroatoms. The van der Waals surface area contributed by atoms with E-state index in [9.17, 15) is 20.2 Å². The number of nitro groups is 2. The summed E-state index contributed by atoms with van der Waals surface area (Å²) in [6.45, 7) is 0.226. The standard InChI is InChI=1S/C4H8N3O4P/c8-6(9)4(7(10)11)1-2-5(12)3-4/h1-3,12H2. The van der Waals surface area contributed by atoms with Gasteiger partial charge in [-0.05, 0) is 0 Å². The summed E-state index contributed by atoms with van der Waals surface area (Å²) in [7, 11) is 2.23. The van der Waals surface area contributed by atoms with Crippen LogP contribution in [0, 0.1) is 20.2 Å². The molecule has 12 heavy (non-hydrogen) atoms. The first-order chi connectivity index (χ1) is 5.49. The summed E-state index contributed by atoms with van der Waals surface area (Å²) in [4.78, 5) is 19.3. The quantitative estimate of drug-likeness (QED) is 0.260. The highest BCUT2D eigenvalue weighted by atomic mass is 31.0. The number of hydrogen-bond acceptors (Lipinski definition) is 5. The van der Waals surface area contributed by atoms with Gasteiger partial charge in [-0.2, -0.15) is 0 Å². The van der Waals surface area contributed by atoms with Crippen molar-refractivity contribution in [1.82, 2.24) is 4.67 Å². The first-order valence-corrected chi connectivity index (χ1v) is 3.79. The van der Waals surface area contributed by atoms with Gasteiger partial charge in [-0.3, -0.25) is 24.9 Å². The predicted octanol–water partition coefficient (Wildman–Crippen LogP) is -0.268. The van der Waals surface area contributed by atoms with Crippen LogP contribution in [0.1, 0.15) is 6.42 Å². The van der Waals surface area contributed by atoms with Crippen molar-refractivity contribution in [3.8, 4) is 0 Å². The minimum absolute atomic E-state index is 0.0312. The van der Waals surface area contributed by atoms with Gasteiger partial charge >= 0.3 is 5.66 Å². The Morgan fingerprint density at radius 2 is 1.83 bits per heavy atom. The second-order valence-electron chi connectivity index (χ2n) is 2.72. The first-order valence-electron chi connectivity index (χ1n) is 3.28. The van der Waals surface area contributed by atoms with Crippen molar-refractivity contribution in [3.05, 3.63) is 20.2 Å². The van der Waals surface area contributed by atoms with Crippen LogP contribution in [-0.2, 0) is 0 Å². The second-order valence-corrected chi connectivity index (χ2v) is 3.45. The lowest BCUT2D eigenvalue weighted by Gasteiger charge is -2.10. The Morgan fingerprint density at radius 3 is 2.00 bits per heavy atom. The fourth-order valence-electron chi connectivity index (χ4n) is 1.17. The highest BCUT2D eigenvalue weighted by Crippen LogP contribution is 2.27. The average Bonchev–Trinajstić information content (AvgIpc) is 2.32. The highest BCUT2D eigenvalue weighted by molar-refractivity contribution is 7.13. The summed E-state index contributed by atoms with van der Waals surface area (Å²) >= 11 is 0. The zero-order valence-corrected chi connectivity index (χ0v) is 7.33. The van der Waals surface area contributed by atoms with E-state index in [1.165, 1.54) is 4.67 Å². The van der Waals surface area contributed by atoms with E-state index < -0.39 is 15.5 Å². The summed E-state index contributed by atoms with van der Waals surface area (Å²) < 4.78 is 1.51. The average molecular weight is 193 g/mol. The Hall–Kier alpha value is -0.810. The Labute approximate surface area is 70.3 Å². The molecule has 0 saturated carbocycles. The fourth-order valence-corrected chi connectivity index (χ4v) is 1.59. The molecule has 0 radical (unpaired) electrons. The van der Waals surface area contributed by atoms with Crippen LogP contribution >= 0.6 is 9.39 Å². The molecule has 0 aromatic heterocycles. The van der Waals surface area contributed by atoms with Crippen LogP contribution in [0.2, 0.25) is 0 Å². The maximum absolute atomic E-state index is 10.4. The minimum atomic E-state index is -1.98. The normalized spacial score (nSPS) is 22.4. The van der Waals surface area contributed by atoms with Gasteiger partial charge in [0, 0.05) is 6.54 Å². The van der Waals surface area contributed by atoms with Crippen LogP contribution in [0.3, 0.4) is 0 Å². The van der Waals surface area contributed by atoms with Gasteiger partial charge in [0.05, 0.1) is 9.85 Å².